The van der Waals surface area contributed by atoms with Gasteiger partial charge in [0.2, 0.25) is 20.0 Å². The van der Waals surface area contributed by atoms with Crippen molar-refractivity contribution in [3.8, 4) is 0 Å². The summed E-state index contributed by atoms with van der Waals surface area (Å²) in [4.78, 5) is 2.04. The lowest BCUT2D eigenvalue weighted by atomic mass is 10.2. The first-order valence-electron chi connectivity index (χ1n) is 9.22. The van der Waals surface area contributed by atoms with Crippen LogP contribution in [-0.4, -0.2) is 43.1 Å². The summed E-state index contributed by atoms with van der Waals surface area (Å²) in [7, 11) is -8.09. The average Bonchev–Trinajstić information content (AvgIpc) is 3.28. The lowest BCUT2D eigenvalue weighted by molar-refractivity contribution is 0.123. The number of sulfone groups is 1. The molecule has 1 fully saturated rings. The van der Waals surface area contributed by atoms with E-state index in [0.717, 1.165) is 12.1 Å². The van der Waals surface area contributed by atoms with Crippen molar-refractivity contribution >= 4 is 31.2 Å². The molecule has 3 aromatic rings. The van der Waals surface area contributed by atoms with E-state index in [1.165, 1.54) is 12.1 Å². The molecule has 1 aliphatic heterocycles. The number of sulfonamides is 1. The number of nitrogens with one attached hydrogen (secondary N) is 1. The van der Waals surface area contributed by atoms with Gasteiger partial charge in [-0.05, 0) is 36.4 Å². The zero-order valence-electron chi connectivity index (χ0n) is 15.9. The third-order valence-corrected chi connectivity index (χ3v) is 7.52. The molecule has 0 unspecified atom stereocenters. The summed E-state index contributed by atoms with van der Waals surface area (Å²) >= 11 is 0. The van der Waals surface area contributed by atoms with Crippen LogP contribution in [0.2, 0.25) is 0 Å². The van der Waals surface area contributed by atoms with Crippen LogP contribution in [0.15, 0.2) is 86.2 Å². The van der Waals surface area contributed by atoms with Crippen LogP contribution in [-0.2, 0) is 24.6 Å². The molecule has 4 rings (SSSR count). The van der Waals surface area contributed by atoms with Gasteiger partial charge in [0, 0.05) is 13.1 Å². The van der Waals surface area contributed by atoms with E-state index >= 15 is 0 Å². The molecular weight excluding hydrogens is 428 g/mol. The molecular formula is C20H20N2O6S2. The van der Waals surface area contributed by atoms with Crippen LogP contribution >= 0.6 is 0 Å². The third kappa shape index (κ3) is 4.07. The molecule has 158 valence electrons. The number of hydrogen-bond acceptors (Lipinski definition) is 7. The highest BCUT2D eigenvalue weighted by Gasteiger charge is 2.27. The van der Waals surface area contributed by atoms with Gasteiger partial charge in [-0.3, -0.25) is 4.72 Å². The standard InChI is InChI=1S/C20H20N2O6S2/c23-29(24,16-6-2-1-3-7-16)19-10-11-20(28-19)30(25,26)21-17-8-4-5-9-18(17)22-12-14-27-15-13-22/h1-11,21H,12-15H2. The molecule has 1 aliphatic rings. The van der Waals surface area contributed by atoms with Crippen molar-refractivity contribution in [2.75, 3.05) is 35.9 Å². The molecule has 1 N–H and O–H groups in total. The minimum absolute atomic E-state index is 0.0221. The molecule has 30 heavy (non-hydrogen) atoms. The van der Waals surface area contributed by atoms with Crippen LogP contribution < -0.4 is 9.62 Å². The maximum Gasteiger partial charge on any atom is 0.295 e. The van der Waals surface area contributed by atoms with Crippen LogP contribution in [0.4, 0.5) is 11.4 Å². The zero-order chi connectivity index (χ0) is 21.2. The van der Waals surface area contributed by atoms with Crippen molar-refractivity contribution in [3.05, 3.63) is 66.7 Å². The van der Waals surface area contributed by atoms with Crippen LogP contribution in [0.25, 0.3) is 0 Å². The minimum atomic E-state index is -4.14. The molecule has 0 saturated carbocycles. The van der Waals surface area contributed by atoms with Gasteiger partial charge < -0.3 is 14.1 Å². The Bertz CT molecular complexity index is 1230. The molecule has 1 aromatic heterocycles. The first kappa shape index (κ1) is 20.5. The maximum absolute atomic E-state index is 12.9. The normalized spacial score (nSPS) is 15.1. The monoisotopic (exact) mass is 448 g/mol. The predicted octanol–water partition coefficient (Wildman–Crippen LogP) is 2.75. The van der Waals surface area contributed by atoms with Crippen LogP contribution in [0.5, 0.6) is 0 Å². The number of ether oxygens (including phenoxy) is 1. The summed E-state index contributed by atoms with van der Waals surface area (Å²) in [6, 6.07) is 17.0. The second-order valence-corrected chi connectivity index (χ2v) is 10.1. The number of para-hydroxylation sites is 2. The molecule has 1 saturated heterocycles. The Hall–Kier alpha value is -2.82. The third-order valence-electron chi connectivity index (χ3n) is 4.64. The van der Waals surface area contributed by atoms with Gasteiger partial charge in [-0.15, -0.1) is 0 Å². The molecule has 0 spiro atoms. The summed E-state index contributed by atoms with van der Waals surface area (Å²) in [6.45, 7) is 2.39. The van der Waals surface area contributed by atoms with E-state index in [4.69, 9.17) is 9.15 Å². The average molecular weight is 449 g/mol. The van der Waals surface area contributed by atoms with E-state index in [1.807, 2.05) is 17.0 Å². The second-order valence-electron chi connectivity index (χ2n) is 6.61. The first-order valence-corrected chi connectivity index (χ1v) is 12.2. The summed E-state index contributed by atoms with van der Waals surface area (Å²) in [6.07, 6.45) is 0. The number of benzene rings is 2. The Morgan fingerprint density at radius 1 is 0.767 bits per heavy atom. The highest BCUT2D eigenvalue weighted by molar-refractivity contribution is 7.92. The van der Waals surface area contributed by atoms with Crippen LogP contribution in [0.3, 0.4) is 0 Å². The predicted molar refractivity (Wildman–Crippen MR) is 111 cm³/mol. The van der Waals surface area contributed by atoms with Gasteiger partial charge in [0.15, 0.2) is 0 Å². The second kappa shape index (κ2) is 8.13. The topological polar surface area (TPSA) is 106 Å². The van der Waals surface area contributed by atoms with E-state index in [2.05, 4.69) is 4.72 Å². The highest BCUT2D eigenvalue weighted by atomic mass is 32.2. The molecule has 10 heteroatoms. The van der Waals surface area contributed by atoms with Crippen LogP contribution in [0, 0.1) is 0 Å². The summed E-state index contributed by atoms with van der Waals surface area (Å²) in [5.74, 6) is 0. The largest absolute Gasteiger partial charge is 0.431 e. The summed E-state index contributed by atoms with van der Waals surface area (Å²) in [5.41, 5.74) is 1.09. The summed E-state index contributed by atoms with van der Waals surface area (Å²) < 4.78 is 64.2. The van der Waals surface area contributed by atoms with Gasteiger partial charge >= 0.3 is 0 Å². The molecule has 0 radical (unpaired) electrons. The van der Waals surface area contributed by atoms with Gasteiger partial charge in [-0.1, -0.05) is 30.3 Å². The van der Waals surface area contributed by atoms with Gasteiger partial charge in [0.05, 0.1) is 29.5 Å². The van der Waals surface area contributed by atoms with Gasteiger partial charge in [-0.25, -0.2) is 8.42 Å². The Balaban J connectivity index is 1.62. The van der Waals surface area contributed by atoms with Crippen molar-refractivity contribution in [3.63, 3.8) is 0 Å². The Kier molecular flexibility index (Phi) is 5.54. The molecule has 0 aliphatic carbocycles. The Morgan fingerprint density at radius 2 is 1.40 bits per heavy atom. The first-order chi connectivity index (χ1) is 14.4. The SMILES string of the molecule is O=S(=O)(Nc1ccccc1N1CCOCC1)c1ccc(S(=O)(=O)c2ccccc2)o1. The molecule has 8 nitrogen and oxygen atoms in total. The lowest BCUT2D eigenvalue weighted by Gasteiger charge is -2.30. The molecule has 0 atom stereocenters. The molecule has 2 aromatic carbocycles. The number of nitrogens with zero attached hydrogens (tertiary/aromatic N) is 1. The van der Waals surface area contributed by atoms with Crippen molar-refractivity contribution in [2.24, 2.45) is 0 Å². The van der Waals surface area contributed by atoms with E-state index in [0.29, 0.717) is 37.7 Å². The fourth-order valence-electron chi connectivity index (χ4n) is 3.14. The molecule has 0 amide bonds. The van der Waals surface area contributed by atoms with E-state index in [9.17, 15) is 16.8 Å². The number of anilines is 2. The van der Waals surface area contributed by atoms with E-state index < -0.39 is 30.0 Å². The molecule has 2 heterocycles. The smallest absolute Gasteiger partial charge is 0.295 e. The number of hydrogen-bond donors (Lipinski definition) is 1. The quantitative estimate of drug-likeness (QED) is 0.618. The summed E-state index contributed by atoms with van der Waals surface area (Å²) in [5, 5.41) is -0.913. The fourth-order valence-corrected chi connectivity index (χ4v) is 5.40. The fraction of sp³-hybridized carbons (Fsp3) is 0.200. The van der Waals surface area contributed by atoms with Crippen LogP contribution in [0.1, 0.15) is 0 Å². The van der Waals surface area contributed by atoms with E-state index in [-0.39, 0.29) is 4.90 Å². The van der Waals surface area contributed by atoms with E-state index in [1.54, 1.807) is 30.3 Å². The van der Waals surface area contributed by atoms with Crippen molar-refractivity contribution < 1.29 is 26.0 Å². The minimum Gasteiger partial charge on any atom is -0.431 e. The highest BCUT2D eigenvalue weighted by Crippen LogP contribution is 2.30. The number of rotatable bonds is 6. The van der Waals surface area contributed by atoms with Gasteiger partial charge in [-0.2, -0.15) is 8.42 Å². The van der Waals surface area contributed by atoms with Gasteiger partial charge in [0.25, 0.3) is 10.0 Å². The van der Waals surface area contributed by atoms with Crippen molar-refractivity contribution in [2.45, 2.75) is 15.1 Å². The number of furan rings is 1. The number of morpholine rings is 1. The van der Waals surface area contributed by atoms with Gasteiger partial charge in [0.1, 0.15) is 0 Å². The van der Waals surface area contributed by atoms with Crippen molar-refractivity contribution in [1.29, 1.82) is 0 Å². The molecule has 0 bridgehead atoms. The lowest BCUT2D eigenvalue weighted by Crippen LogP contribution is -2.36. The Labute approximate surface area is 175 Å². The van der Waals surface area contributed by atoms with Crippen molar-refractivity contribution in [1.82, 2.24) is 0 Å². The maximum atomic E-state index is 12.9. The zero-order valence-corrected chi connectivity index (χ0v) is 17.5. The Morgan fingerprint density at radius 3 is 2.13 bits per heavy atom.